The van der Waals surface area contributed by atoms with Gasteiger partial charge in [0.2, 0.25) is 0 Å². The average Bonchev–Trinajstić information content (AvgIpc) is 3.44. The largest absolute Gasteiger partial charge is 0.462 e. The van der Waals surface area contributed by atoms with E-state index >= 15 is 0 Å². The third-order valence-electron chi connectivity index (χ3n) is 13.7. The van der Waals surface area contributed by atoms with Crippen molar-refractivity contribution in [3.8, 4) is 0 Å². The second kappa shape index (κ2) is 65.3. The molecule has 0 aliphatic carbocycles. The van der Waals surface area contributed by atoms with E-state index in [1.165, 1.54) is 128 Å². The Morgan fingerprint density at radius 1 is 0.269 bits per heavy atom. The molecule has 0 saturated heterocycles. The third kappa shape index (κ3) is 62.7. The molecule has 6 nitrogen and oxygen atoms in total. The van der Waals surface area contributed by atoms with E-state index in [1.807, 2.05) is 0 Å². The van der Waals surface area contributed by atoms with Crippen molar-refractivity contribution in [2.24, 2.45) is 0 Å². The predicted octanol–water partition coefficient (Wildman–Crippen LogP) is 22.4. The topological polar surface area (TPSA) is 78.9 Å². The maximum atomic E-state index is 12.9. The smallest absolute Gasteiger partial charge is 0.306 e. The molecule has 0 aliphatic rings. The van der Waals surface area contributed by atoms with Gasteiger partial charge in [0.05, 0.1) is 0 Å². The molecule has 444 valence electrons. The molecule has 1 unspecified atom stereocenters. The lowest BCUT2D eigenvalue weighted by Crippen LogP contribution is -2.30. The maximum Gasteiger partial charge on any atom is 0.306 e. The van der Waals surface area contributed by atoms with Gasteiger partial charge in [-0.2, -0.15) is 0 Å². The molecule has 1 atom stereocenters. The Kier molecular flexibility index (Phi) is 61.8. The Labute approximate surface area is 482 Å². The highest BCUT2D eigenvalue weighted by Crippen LogP contribution is 2.16. The van der Waals surface area contributed by atoms with Crippen LogP contribution >= 0.6 is 0 Å². The van der Waals surface area contributed by atoms with E-state index in [-0.39, 0.29) is 31.1 Å². The van der Waals surface area contributed by atoms with Crippen LogP contribution in [0.5, 0.6) is 0 Å². The van der Waals surface area contributed by atoms with Crippen molar-refractivity contribution in [1.29, 1.82) is 0 Å². The second-order valence-corrected chi connectivity index (χ2v) is 21.3. The molecule has 0 fully saturated rings. The summed E-state index contributed by atoms with van der Waals surface area (Å²) < 4.78 is 16.9. The predicted molar refractivity (Wildman–Crippen MR) is 339 cm³/mol. The number of unbranched alkanes of at least 4 members (excludes halogenated alkanes) is 27. The first-order valence-corrected chi connectivity index (χ1v) is 32.5. The van der Waals surface area contributed by atoms with E-state index in [4.69, 9.17) is 14.2 Å². The first-order valence-electron chi connectivity index (χ1n) is 32.5. The van der Waals surface area contributed by atoms with E-state index < -0.39 is 6.10 Å². The van der Waals surface area contributed by atoms with Crippen LogP contribution in [0.2, 0.25) is 0 Å². The van der Waals surface area contributed by atoms with Crippen LogP contribution in [0.4, 0.5) is 0 Å². The standard InChI is InChI=1S/C72H120O6/c1-4-7-10-13-16-19-22-25-27-29-31-32-33-34-35-36-37-38-39-40-42-43-45-47-50-53-56-59-62-65-71(74)77-68-69(67-76-70(73)64-61-58-55-52-49-24-21-18-15-12-9-6-3)78-72(75)66-63-60-57-54-51-48-46-44-41-30-28-26-23-20-17-14-11-8-5-2/h7,10,16-17,19-20,25-28,31-32,34-35,37-38,40,42,45,47,69H,4-6,8-9,11-15,18,21-24,29-30,33,36,39,41,43-44,46,48-68H2,1-3H3/b10-7-,19-16-,20-17-,27-25-,28-26-,32-31-,35-34-,38-37-,42-40-,47-45-. The van der Waals surface area contributed by atoms with Gasteiger partial charge in [0.15, 0.2) is 6.10 Å². The van der Waals surface area contributed by atoms with E-state index in [9.17, 15) is 14.4 Å². The Morgan fingerprint density at radius 2 is 0.500 bits per heavy atom. The number of rotatable bonds is 58. The Balaban J connectivity index is 4.37. The number of hydrogen-bond donors (Lipinski definition) is 0. The monoisotopic (exact) mass is 1080 g/mol. The normalized spacial score (nSPS) is 12.9. The summed E-state index contributed by atoms with van der Waals surface area (Å²) in [7, 11) is 0. The highest BCUT2D eigenvalue weighted by Gasteiger charge is 2.19. The van der Waals surface area contributed by atoms with Crippen LogP contribution in [0.1, 0.15) is 297 Å². The lowest BCUT2D eigenvalue weighted by atomic mass is 10.0. The summed E-state index contributed by atoms with van der Waals surface area (Å²) in [6, 6.07) is 0. The zero-order chi connectivity index (χ0) is 56.4. The summed E-state index contributed by atoms with van der Waals surface area (Å²) in [5.41, 5.74) is 0. The van der Waals surface area contributed by atoms with Gasteiger partial charge in [-0.3, -0.25) is 14.4 Å². The average molecular weight is 1080 g/mol. The number of carbonyl (C=O) groups is 3. The molecular formula is C72H120O6. The fourth-order valence-corrected chi connectivity index (χ4v) is 8.84. The van der Waals surface area contributed by atoms with E-state index in [2.05, 4.69) is 142 Å². The summed E-state index contributed by atoms with van der Waals surface area (Å²) in [6.07, 6.45) is 90.6. The summed E-state index contributed by atoms with van der Waals surface area (Å²) >= 11 is 0. The zero-order valence-corrected chi connectivity index (χ0v) is 50.9. The molecule has 6 heteroatoms. The first-order chi connectivity index (χ1) is 38.5. The number of ether oxygens (including phenoxy) is 3. The van der Waals surface area contributed by atoms with Gasteiger partial charge in [0.25, 0.3) is 0 Å². The molecule has 0 aromatic rings. The summed E-state index contributed by atoms with van der Waals surface area (Å²) in [5.74, 6) is -0.912. The number of carbonyl (C=O) groups excluding carboxylic acids is 3. The number of hydrogen-bond acceptors (Lipinski definition) is 6. The van der Waals surface area contributed by atoms with Gasteiger partial charge in [-0.25, -0.2) is 0 Å². The summed E-state index contributed by atoms with van der Waals surface area (Å²) in [5, 5.41) is 0. The van der Waals surface area contributed by atoms with Crippen molar-refractivity contribution in [2.45, 2.75) is 303 Å². The van der Waals surface area contributed by atoms with Crippen LogP contribution in [0.15, 0.2) is 122 Å². The van der Waals surface area contributed by atoms with Crippen molar-refractivity contribution in [2.75, 3.05) is 13.2 Å². The molecule has 0 amide bonds. The lowest BCUT2D eigenvalue weighted by molar-refractivity contribution is -0.167. The molecule has 0 N–H and O–H groups in total. The highest BCUT2D eigenvalue weighted by atomic mass is 16.6. The molecule has 0 radical (unpaired) electrons. The van der Waals surface area contributed by atoms with E-state index in [0.29, 0.717) is 19.3 Å². The molecule has 78 heavy (non-hydrogen) atoms. The summed E-state index contributed by atoms with van der Waals surface area (Å²) in [4.78, 5) is 38.3. The van der Waals surface area contributed by atoms with Crippen LogP contribution in [-0.2, 0) is 28.6 Å². The molecule has 0 heterocycles. The van der Waals surface area contributed by atoms with Crippen LogP contribution in [-0.4, -0.2) is 37.2 Å². The lowest BCUT2D eigenvalue weighted by Gasteiger charge is -2.18. The van der Waals surface area contributed by atoms with Gasteiger partial charge in [-0.05, 0) is 116 Å². The van der Waals surface area contributed by atoms with Crippen LogP contribution < -0.4 is 0 Å². The number of esters is 3. The fourth-order valence-electron chi connectivity index (χ4n) is 8.84. The van der Waals surface area contributed by atoms with Crippen LogP contribution in [0.3, 0.4) is 0 Å². The van der Waals surface area contributed by atoms with Gasteiger partial charge in [0.1, 0.15) is 13.2 Å². The maximum absolute atomic E-state index is 12.9. The van der Waals surface area contributed by atoms with Crippen molar-refractivity contribution in [3.63, 3.8) is 0 Å². The fraction of sp³-hybridized carbons (Fsp3) is 0.681. The quantitative estimate of drug-likeness (QED) is 0.0261. The Morgan fingerprint density at radius 3 is 0.808 bits per heavy atom. The molecule has 0 spiro atoms. The van der Waals surface area contributed by atoms with E-state index in [0.717, 1.165) is 128 Å². The van der Waals surface area contributed by atoms with E-state index in [1.54, 1.807) is 0 Å². The van der Waals surface area contributed by atoms with Gasteiger partial charge in [0, 0.05) is 19.3 Å². The minimum absolute atomic E-state index is 0.0876. The minimum Gasteiger partial charge on any atom is -0.462 e. The second-order valence-electron chi connectivity index (χ2n) is 21.3. The van der Waals surface area contributed by atoms with Crippen molar-refractivity contribution >= 4 is 17.9 Å². The zero-order valence-electron chi connectivity index (χ0n) is 50.9. The first kappa shape index (κ1) is 73.8. The van der Waals surface area contributed by atoms with Crippen molar-refractivity contribution < 1.29 is 28.6 Å². The molecular weight excluding hydrogens is 961 g/mol. The highest BCUT2D eigenvalue weighted by molar-refractivity contribution is 5.71. The van der Waals surface area contributed by atoms with Crippen molar-refractivity contribution in [3.05, 3.63) is 122 Å². The van der Waals surface area contributed by atoms with Crippen LogP contribution in [0, 0.1) is 0 Å². The molecule has 0 bridgehead atoms. The van der Waals surface area contributed by atoms with Gasteiger partial charge < -0.3 is 14.2 Å². The molecule has 0 aromatic carbocycles. The molecule has 0 aromatic heterocycles. The Hall–Kier alpha value is -4.19. The summed E-state index contributed by atoms with van der Waals surface area (Å²) in [6.45, 7) is 6.49. The molecule has 0 aliphatic heterocycles. The van der Waals surface area contributed by atoms with Gasteiger partial charge >= 0.3 is 17.9 Å². The number of allylic oxidation sites excluding steroid dienone is 20. The Bertz CT molecular complexity index is 1620. The molecule has 0 saturated carbocycles. The van der Waals surface area contributed by atoms with Crippen molar-refractivity contribution in [1.82, 2.24) is 0 Å². The SMILES string of the molecule is CC/C=C\C/C=C\C/C=C\C/C=C\C/C=C\C/C=C\C/C=C\C/C=C\CCCCCCC(=O)OCC(COC(=O)CCCCCCCCCCCCCC)OC(=O)CCCCCCCCCCC/C=C\C/C=C\CCCCC. The van der Waals surface area contributed by atoms with Gasteiger partial charge in [-0.1, -0.05) is 284 Å². The molecule has 0 rings (SSSR count). The van der Waals surface area contributed by atoms with Crippen LogP contribution in [0.25, 0.3) is 0 Å². The third-order valence-corrected chi connectivity index (χ3v) is 13.7. The minimum atomic E-state index is -0.793. The van der Waals surface area contributed by atoms with Gasteiger partial charge in [-0.15, -0.1) is 0 Å².